The van der Waals surface area contributed by atoms with E-state index in [1.807, 2.05) is 0 Å². The Morgan fingerprint density at radius 3 is 2.44 bits per heavy atom. The number of carbonyl (C=O) groups excluding carboxylic acids is 1. The van der Waals surface area contributed by atoms with Crippen molar-refractivity contribution in [2.75, 3.05) is 13.2 Å². The molecule has 0 atom stereocenters. The van der Waals surface area contributed by atoms with E-state index in [0.717, 1.165) is 5.92 Å². The van der Waals surface area contributed by atoms with Crippen molar-refractivity contribution >= 4 is 6.09 Å². The van der Waals surface area contributed by atoms with E-state index in [0.29, 0.717) is 24.6 Å². The second kappa shape index (κ2) is 6.98. The molecular weight excluding hydrogens is 228 g/mol. The zero-order chi connectivity index (χ0) is 13.6. The summed E-state index contributed by atoms with van der Waals surface area (Å²) >= 11 is 0. The topological polar surface area (TPSA) is 64.3 Å². The van der Waals surface area contributed by atoms with E-state index in [4.69, 9.17) is 10.5 Å². The van der Waals surface area contributed by atoms with E-state index in [1.165, 1.54) is 32.1 Å². The quantitative estimate of drug-likeness (QED) is 0.718. The van der Waals surface area contributed by atoms with Crippen LogP contribution in [0.1, 0.15) is 52.9 Å². The summed E-state index contributed by atoms with van der Waals surface area (Å²) in [6.45, 7) is 8.12. The van der Waals surface area contributed by atoms with Gasteiger partial charge in [0.15, 0.2) is 0 Å². The minimum Gasteiger partial charge on any atom is -0.448 e. The van der Waals surface area contributed by atoms with Crippen molar-refractivity contribution in [3.8, 4) is 0 Å². The predicted molar refractivity (Wildman–Crippen MR) is 73.4 cm³/mol. The first-order valence-electron chi connectivity index (χ1n) is 7.11. The highest BCUT2D eigenvalue weighted by atomic mass is 16.5. The van der Waals surface area contributed by atoms with Crippen molar-refractivity contribution < 1.29 is 9.53 Å². The summed E-state index contributed by atoms with van der Waals surface area (Å²) in [6, 6.07) is 0.574. The van der Waals surface area contributed by atoms with Crippen LogP contribution in [0.25, 0.3) is 0 Å². The minimum absolute atomic E-state index is 0.371. The second-order valence-corrected chi connectivity index (χ2v) is 6.01. The molecule has 1 fully saturated rings. The van der Waals surface area contributed by atoms with Crippen LogP contribution in [-0.2, 0) is 4.74 Å². The number of hydrogen-bond donors (Lipinski definition) is 2. The number of primary amides is 1. The van der Waals surface area contributed by atoms with Crippen molar-refractivity contribution in [2.45, 2.75) is 58.9 Å². The maximum absolute atomic E-state index is 10.4. The molecule has 1 amide bonds. The van der Waals surface area contributed by atoms with Crippen LogP contribution in [0.3, 0.4) is 0 Å². The molecule has 4 nitrogen and oxygen atoms in total. The number of nitrogens with two attached hydrogens (primary N) is 1. The summed E-state index contributed by atoms with van der Waals surface area (Å²) in [5.74, 6) is 0.849. The Kier molecular flexibility index (Phi) is 5.93. The molecule has 1 aliphatic carbocycles. The molecule has 0 bridgehead atoms. The van der Waals surface area contributed by atoms with E-state index in [9.17, 15) is 4.79 Å². The van der Waals surface area contributed by atoms with Gasteiger partial charge in [-0.25, -0.2) is 4.79 Å². The molecule has 1 rings (SSSR count). The van der Waals surface area contributed by atoms with Gasteiger partial charge in [0.2, 0.25) is 0 Å². The van der Waals surface area contributed by atoms with Crippen molar-refractivity contribution in [2.24, 2.45) is 17.1 Å². The number of ether oxygens (including phenoxy) is 1. The van der Waals surface area contributed by atoms with E-state index >= 15 is 0 Å². The fourth-order valence-electron chi connectivity index (χ4n) is 2.78. The van der Waals surface area contributed by atoms with Gasteiger partial charge in [0.1, 0.15) is 6.61 Å². The lowest BCUT2D eigenvalue weighted by Crippen LogP contribution is -2.38. The fraction of sp³-hybridized carbons (Fsp3) is 0.929. The van der Waals surface area contributed by atoms with Crippen molar-refractivity contribution in [3.63, 3.8) is 0 Å². The lowest BCUT2D eigenvalue weighted by molar-refractivity contribution is 0.130. The number of rotatable bonds is 6. The molecule has 106 valence electrons. The Bertz CT molecular complexity index is 259. The highest BCUT2D eigenvalue weighted by molar-refractivity contribution is 5.64. The number of hydrogen-bond acceptors (Lipinski definition) is 3. The molecule has 0 radical (unpaired) electrons. The molecule has 1 aliphatic rings. The van der Waals surface area contributed by atoms with E-state index in [-0.39, 0.29) is 0 Å². The molecule has 3 N–H and O–H groups in total. The zero-order valence-electron chi connectivity index (χ0n) is 12.0. The average Bonchev–Trinajstić information content (AvgIpc) is 2.35. The molecule has 0 spiro atoms. The number of amides is 1. The van der Waals surface area contributed by atoms with Crippen LogP contribution in [0.2, 0.25) is 0 Å². The Morgan fingerprint density at radius 2 is 1.94 bits per heavy atom. The zero-order valence-corrected chi connectivity index (χ0v) is 12.0. The largest absolute Gasteiger partial charge is 0.448 e. The van der Waals surface area contributed by atoms with Gasteiger partial charge in [0.25, 0.3) is 0 Å². The summed E-state index contributed by atoms with van der Waals surface area (Å²) in [7, 11) is 0. The van der Waals surface area contributed by atoms with Crippen LogP contribution in [0, 0.1) is 11.3 Å². The third kappa shape index (κ3) is 4.84. The van der Waals surface area contributed by atoms with Crippen molar-refractivity contribution in [1.29, 1.82) is 0 Å². The van der Waals surface area contributed by atoms with Gasteiger partial charge in [-0.15, -0.1) is 0 Å². The first-order chi connectivity index (χ1) is 8.45. The van der Waals surface area contributed by atoms with Crippen LogP contribution in [-0.4, -0.2) is 25.3 Å². The Morgan fingerprint density at radius 1 is 1.33 bits per heavy atom. The van der Waals surface area contributed by atoms with E-state index < -0.39 is 6.09 Å². The normalized spacial score (nSPS) is 24.8. The Labute approximate surface area is 111 Å². The smallest absolute Gasteiger partial charge is 0.404 e. The van der Waals surface area contributed by atoms with Gasteiger partial charge in [-0.1, -0.05) is 27.2 Å². The number of carbonyl (C=O) groups is 1. The van der Waals surface area contributed by atoms with Gasteiger partial charge in [0, 0.05) is 12.6 Å². The van der Waals surface area contributed by atoms with E-state index in [2.05, 4.69) is 26.1 Å². The molecule has 0 unspecified atom stereocenters. The molecule has 1 saturated carbocycles. The molecule has 0 aromatic rings. The van der Waals surface area contributed by atoms with Gasteiger partial charge < -0.3 is 15.8 Å². The molecule has 0 aromatic heterocycles. The third-order valence-corrected chi connectivity index (χ3v) is 4.52. The molecule has 4 heteroatoms. The van der Waals surface area contributed by atoms with Gasteiger partial charge >= 0.3 is 6.09 Å². The summed E-state index contributed by atoms with van der Waals surface area (Å²) < 4.78 is 4.70. The van der Waals surface area contributed by atoms with Crippen LogP contribution >= 0.6 is 0 Å². The number of nitrogens with one attached hydrogen (secondary N) is 1. The molecule has 0 heterocycles. The lowest BCUT2D eigenvalue weighted by Gasteiger charge is -2.39. The summed E-state index contributed by atoms with van der Waals surface area (Å²) in [5, 5.41) is 3.43. The maximum Gasteiger partial charge on any atom is 0.404 e. The van der Waals surface area contributed by atoms with Crippen LogP contribution in [0.15, 0.2) is 0 Å². The summed E-state index contributed by atoms with van der Waals surface area (Å²) in [6.07, 6.45) is 5.62. The predicted octanol–water partition coefficient (Wildman–Crippen LogP) is 2.67. The van der Waals surface area contributed by atoms with Crippen LogP contribution in [0.4, 0.5) is 4.79 Å². The second-order valence-electron chi connectivity index (χ2n) is 6.01. The van der Waals surface area contributed by atoms with Gasteiger partial charge in [-0.2, -0.15) is 0 Å². The third-order valence-electron chi connectivity index (χ3n) is 4.52. The molecule has 0 aliphatic heterocycles. The standard InChI is InChI=1S/C14H28N2O2/c1-4-14(2,3)11-5-7-12(8-6-11)16-9-10-18-13(15)17/h11-12,16H,4-10H2,1-3H3,(H2,15,17). The highest BCUT2D eigenvalue weighted by Gasteiger charge is 2.31. The molecule has 0 aromatic carbocycles. The lowest BCUT2D eigenvalue weighted by atomic mass is 9.69. The maximum atomic E-state index is 10.4. The highest BCUT2D eigenvalue weighted by Crippen LogP contribution is 2.40. The van der Waals surface area contributed by atoms with Crippen molar-refractivity contribution in [1.82, 2.24) is 5.32 Å². The Hall–Kier alpha value is -0.770. The van der Waals surface area contributed by atoms with Crippen LogP contribution < -0.4 is 11.1 Å². The monoisotopic (exact) mass is 256 g/mol. The SMILES string of the molecule is CCC(C)(C)C1CCC(NCCOC(N)=O)CC1. The van der Waals surface area contributed by atoms with Gasteiger partial charge in [0.05, 0.1) is 0 Å². The molecular formula is C14H28N2O2. The van der Waals surface area contributed by atoms with E-state index in [1.54, 1.807) is 0 Å². The van der Waals surface area contributed by atoms with Gasteiger partial charge in [-0.3, -0.25) is 0 Å². The first kappa shape index (κ1) is 15.3. The molecule has 18 heavy (non-hydrogen) atoms. The fourth-order valence-corrected chi connectivity index (χ4v) is 2.78. The Balaban J connectivity index is 2.17. The molecule has 0 saturated heterocycles. The van der Waals surface area contributed by atoms with Crippen molar-refractivity contribution in [3.05, 3.63) is 0 Å². The average molecular weight is 256 g/mol. The van der Waals surface area contributed by atoms with Gasteiger partial charge in [-0.05, 0) is 37.0 Å². The summed E-state index contributed by atoms with van der Waals surface area (Å²) in [5.41, 5.74) is 5.38. The first-order valence-corrected chi connectivity index (χ1v) is 7.11. The summed E-state index contributed by atoms with van der Waals surface area (Å²) in [4.78, 5) is 10.4. The minimum atomic E-state index is -0.690. The van der Waals surface area contributed by atoms with Crippen LogP contribution in [0.5, 0.6) is 0 Å².